The van der Waals surface area contributed by atoms with Crippen molar-refractivity contribution in [3.05, 3.63) is 59.6 Å². The van der Waals surface area contributed by atoms with E-state index in [9.17, 15) is 14.4 Å². The number of nitrogens with one attached hydrogen (secondary N) is 2. The molecule has 0 saturated carbocycles. The van der Waals surface area contributed by atoms with Gasteiger partial charge in [-0.25, -0.2) is 14.4 Å². The van der Waals surface area contributed by atoms with Crippen molar-refractivity contribution < 1.29 is 24.2 Å². The van der Waals surface area contributed by atoms with Crippen LogP contribution in [-0.4, -0.2) is 41.3 Å². The van der Waals surface area contributed by atoms with Gasteiger partial charge in [0.2, 0.25) is 0 Å². The first-order chi connectivity index (χ1) is 14.9. The summed E-state index contributed by atoms with van der Waals surface area (Å²) < 4.78 is 11.0. The molecule has 0 unspecified atom stereocenters. The van der Waals surface area contributed by atoms with Crippen molar-refractivity contribution in [1.82, 2.24) is 9.97 Å². The zero-order valence-electron chi connectivity index (χ0n) is 16.7. The van der Waals surface area contributed by atoms with Gasteiger partial charge in [-0.1, -0.05) is 0 Å². The van der Waals surface area contributed by atoms with Gasteiger partial charge in [-0.05, 0) is 56.1 Å². The first kappa shape index (κ1) is 26.5. The zero-order chi connectivity index (χ0) is 24.6. The summed E-state index contributed by atoms with van der Waals surface area (Å²) in [6, 6.07) is 5.40. The number of halogens is 2. The number of amides is 2. The fraction of sp³-hybridized carbons (Fsp3) is 0.111. The number of H-pyrrole nitrogens is 2. The Morgan fingerprint density at radius 2 is 1.44 bits per heavy atom. The molecular formula is C18H19Br2N5O7. The molecule has 14 heteroatoms. The number of ether oxygens (including phenoxy) is 2. The second-order valence-corrected chi connectivity index (χ2v) is 7.43. The molecule has 0 bridgehead atoms. The number of hydrogen-bond donors (Lipinski definition) is 6. The third-order valence-electron chi connectivity index (χ3n) is 3.58. The fourth-order valence-electron chi connectivity index (χ4n) is 2.21. The van der Waals surface area contributed by atoms with Crippen molar-refractivity contribution in [3.63, 3.8) is 0 Å². The van der Waals surface area contributed by atoms with Gasteiger partial charge in [0.05, 0.1) is 36.4 Å². The minimum atomic E-state index is -1.07. The SMILES string of the molecule is COc1cc(Br)c(N)c(C(=O)O)c1.COc1cc(Br)c2[nH]c(=O)[nH]c(=O)c2c1.NC(N)=O. The van der Waals surface area contributed by atoms with Crippen molar-refractivity contribution in [2.75, 3.05) is 20.0 Å². The summed E-state index contributed by atoms with van der Waals surface area (Å²) in [5.41, 5.74) is 13.8. The van der Waals surface area contributed by atoms with Gasteiger partial charge < -0.3 is 36.8 Å². The van der Waals surface area contributed by atoms with Crippen LogP contribution in [0.4, 0.5) is 10.5 Å². The number of nitrogens with two attached hydrogens (primary N) is 3. The number of carboxylic acid groups (broad SMARTS) is 1. The van der Waals surface area contributed by atoms with Crippen molar-refractivity contribution in [3.8, 4) is 11.5 Å². The Bertz CT molecular complexity index is 1250. The lowest BCUT2D eigenvalue weighted by Gasteiger charge is -2.06. The fourth-order valence-corrected chi connectivity index (χ4v) is 3.19. The molecule has 0 fully saturated rings. The van der Waals surface area contributed by atoms with Crippen LogP contribution in [0.5, 0.6) is 11.5 Å². The average molecular weight is 577 g/mol. The van der Waals surface area contributed by atoms with Crippen molar-refractivity contribution in [1.29, 1.82) is 0 Å². The van der Waals surface area contributed by atoms with Gasteiger partial charge in [0.25, 0.3) is 5.56 Å². The minimum absolute atomic E-state index is 0.0335. The van der Waals surface area contributed by atoms with Gasteiger partial charge in [-0.15, -0.1) is 0 Å². The number of nitrogen functional groups attached to an aromatic ring is 1. The van der Waals surface area contributed by atoms with Crippen LogP contribution in [0, 0.1) is 0 Å². The second kappa shape index (κ2) is 11.8. The first-order valence-electron chi connectivity index (χ1n) is 8.32. The van der Waals surface area contributed by atoms with Gasteiger partial charge in [-0.2, -0.15) is 0 Å². The van der Waals surface area contributed by atoms with E-state index in [-0.39, 0.29) is 11.3 Å². The summed E-state index contributed by atoms with van der Waals surface area (Å²) >= 11 is 6.39. The molecule has 2 aromatic carbocycles. The van der Waals surface area contributed by atoms with E-state index in [4.69, 9.17) is 25.1 Å². The third-order valence-corrected chi connectivity index (χ3v) is 4.86. The number of aromatic nitrogens is 2. The van der Waals surface area contributed by atoms with Gasteiger partial charge in [0.15, 0.2) is 0 Å². The highest BCUT2D eigenvalue weighted by atomic mass is 79.9. The number of anilines is 1. The largest absolute Gasteiger partial charge is 0.497 e. The van der Waals surface area contributed by atoms with Gasteiger partial charge in [0.1, 0.15) is 11.5 Å². The van der Waals surface area contributed by atoms with Crippen LogP contribution in [0.25, 0.3) is 10.9 Å². The van der Waals surface area contributed by atoms with Gasteiger partial charge in [0, 0.05) is 8.95 Å². The van der Waals surface area contributed by atoms with E-state index in [1.54, 1.807) is 18.2 Å². The Morgan fingerprint density at radius 1 is 0.938 bits per heavy atom. The topological polar surface area (TPSA) is 217 Å². The summed E-state index contributed by atoms with van der Waals surface area (Å²) in [6.45, 7) is 0. The Balaban J connectivity index is 0.000000277. The van der Waals surface area contributed by atoms with E-state index in [2.05, 4.69) is 53.3 Å². The number of benzene rings is 2. The van der Waals surface area contributed by atoms with E-state index in [1.165, 1.54) is 20.3 Å². The third kappa shape index (κ3) is 7.31. The molecule has 0 atom stereocenters. The van der Waals surface area contributed by atoms with Crippen LogP contribution >= 0.6 is 31.9 Å². The van der Waals surface area contributed by atoms with Crippen LogP contribution in [0.2, 0.25) is 0 Å². The smallest absolute Gasteiger partial charge is 0.337 e. The number of carbonyl (C=O) groups is 2. The molecule has 9 N–H and O–H groups in total. The van der Waals surface area contributed by atoms with Gasteiger partial charge in [-0.3, -0.25) is 9.78 Å². The Labute approximate surface area is 197 Å². The Hall–Kier alpha value is -3.52. The van der Waals surface area contributed by atoms with Crippen LogP contribution in [0.15, 0.2) is 42.8 Å². The number of urea groups is 1. The summed E-state index contributed by atoms with van der Waals surface area (Å²) in [7, 11) is 2.97. The van der Waals surface area contributed by atoms with E-state index in [0.29, 0.717) is 31.3 Å². The molecule has 3 rings (SSSR count). The summed E-state index contributed by atoms with van der Waals surface area (Å²) in [5.74, 6) is -0.0671. The molecular weight excluding hydrogens is 558 g/mol. The number of carboxylic acids is 1. The normalized spacial score (nSPS) is 9.62. The molecule has 0 aliphatic heterocycles. The number of primary amides is 2. The molecule has 0 radical (unpaired) electrons. The molecule has 0 aliphatic rings. The zero-order valence-corrected chi connectivity index (χ0v) is 19.9. The maximum Gasteiger partial charge on any atom is 0.337 e. The quantitative estimate of drug-likeness (QED) is 0.252. The van der Waals surface area contributed by atoms with Crippen LogP contribution in [0.3, 0.4) is 0 Å². The lowest BCUT2D eigenvalue weighted by Crippen LogP contribution is -2.22. The van der Waals surface area contributed by atoms with Crippen molar-refractivity contribution in [2.24, 2.45) is 11.5 Å². The number of rotatable bonds is 3. The molecule has 32 heavy (non-hydrogen) atoms. The van der Waals surface area contributed by atoms with Crippen LogP contribution in [-0.2, 0) is 0 Å². The lowest BCUT2D eigenvalue weighted by atomic mass is 10.2. The van der Waals surface area contributed by atoms with E-state index < -0.39 is 23.2 Å². The van der Waals surface area contributed by atoms with E-state index in [1.807, 2.05) is 0 Å². The molecule has 1 heterocycles. The monoisotopic (exact) mass is 575 g/mol. The Morgan fingerprint density at radius 3 is 1.94 bits per heavy atom. The first-order valence-corrected chi connectivity index (χ1v) is 9.90. The number of hydrogen-bond acceptors (Lipinski definition) is 7. The van der Waals surface area contributed by atoms with Gasteiger partial charge >= 0.3 is 17.7 Å². The molecule has 2 amide bonds. The highest BCUT2D eigenvalue weighted by molar-refractivity contribution is 9.11. The standard InChI is InChI=1S/C9H7BrN2O3.C8H8BrNO3.CH4N2O/c1-15-4-2-5-7(6(10)3-4)11-9(14)12-8(5)13;1-13-4-2-5(8(11)12)7(10)6(9)3-4;2-1(3)4/h2-3H,1H3,(H2,11,12,13,14);2-3H,10H2,1H3,(H,11,12);(H4,2,3,4). The van der Waals surface area contributed by atoms with E-state index in [0.717, 1.165) is 0 Å². The summed E-state index contributed by atoms with van der Waals surface area (Å²) in [5, 5.41) is 9.13. The minimum Gasteiger partial charge on any atom is -0.497 e. The maximum atomic E-state index is 11.5. The average Bonchev–Trinajstić information content (AvgIpc) is 2.70. The second-order valence-electron chi connectivity index (χ2n) is 5.72. The predicted molar refractivity (Wildman–Crippen MR) is 125 cm³/mol. The molecule has 12 nitrogen and oxygen atoms in total. The van der Waals surface area contributed by atoms with E-state index >= 15 is 0 Å². The molecule has 0 saturated heterocycles. The number of fused-ring (bicyclic) bond motifs is 1. The summed E-state index contributed by atoms with van der Waals surface area (Å²) in [4.78, 5) is 46.9. The molecule has 172 valence electrons. The highest BCUT2D eigenvalue weighted by Gasteiger charge is 2.12. The van der Waals surface area contributed by atoms with Crippen LogP contribution in [0.1, 0.15) is 10.4 Å². The summed E-state index contributed by atoms with van der Waals surface area (Å²) in [6.07, 6.45) is 0. The molecule has 0 spiro atoms. The maximum absolute atomic E-state index is 11.5. The molecule has 0 aliphatic carbocycles. The molecule has 3 aromatic rings. The predicted octanol–water partition coefficient (Wildman–Crippen LogP) is 1.75. The highest BCUT2D eigenvalue weighted by Crippen LogP contribution is 2.29. The number of aromatic amines is 2. The molecule has 1 aromatic heterocycles. The number of carbonyl (C=O) groups excluding carboxylic acids is 1. The Kier molecular flexibility index (Phi) is 9.74. The van der Waals surface area contributed by atoms with Crippen LogP contribution < -0.4 is 37.9 Å². The van der Waals surface area contributed by atoms with Crippen molar-refractivity contribution in [2.45, 2.75) is 0 Å². The van der Waals surface area contributed by atoms with Crippen molar-refractivity contribution >= 4 is 60.5 Å². The number of aromatic carboxylic acids is 1. The number of methoxy groups -OCH3 is 2. The lowest BCUT2D eigenvalue weighted by molar-refractivity contribution is 0.0697.